The van der Waals surface area contributed by atoms with Crippen molar-refractivity contribution in [1.82, 2.24) is 4.98 Å². The molecular weight excluding hydrogens is 440 g/mol. The molecule has 0 saturated carbocycles. The summed E-state index contributed by atoms with van der Waals surface area (Å²) in [5.74, 6) is 1.10. The number of carbonyl (C=O) groups excluding carboxylic acids is 2. The fraction of sp³-hybridized carbons (Fsp3) is 0.320. The van der Waals surface area contributed by atoms with E-state index in [4.69, 9.17) is 18.6 Å². The molecule has 0 bridgehead atoms. The molecule has 1 N–H and O–H groups in total. The summed E-state index contributed by atoms with van der Waals surface area (Å²) in [5, 5.41) is 2.71. The Bertz CT molecular complexity index is 1080. The number of aromatic nitrogens is 1. The van der Waals surface area contributed by atoms with Crippen molar-refractivity contribution in [2.45, 2.75) is 32.5 Å². The van der Waals surface area contributed by atoms with Crippen molar-refractivity contribution < 1.29 is 33.0 Å². The number of rotatable bonds is 11. The summed E-state index contributed by atoms with van der Waals surface area (Å²) in [6, 6.07) is 11.7. The molecule has 3 rings (SSSR count). The third kappa shape index (κ3) is 7.08. The number of hydrogen-bond donors (Lipinski definition) is 1. The van der Waals surface area contributed by atoms with Gasteiger partial charge in [-0.25, -0.2) is 9.78 Å². The van der Waals surface area contributed by atoms with Crippen molar-refractivity contribution in [3.05, 3.63) is 71.8 Å². The molecule has 2 aromatic heterocycles. The summed E-state index contributed by atoms with van der Waals surface area (Å²) in [6.45, 7) is 4.16. The lowest BCUT2D eigenvalue weighted by Crippen LogP contribution is -2.20. The van der Waals surface area contributed by atoms with Gasteiger partial charge in [-0.15, -0.1) is 0 Å². The SMILES string of the molecule is COC[C@H](C)Oc1cc(O[C@@H](C)Cc2ccco2)cc(C(=O)Nc2ccc(C(=O)OC)cn2)c1. The van der Waals surface area contributed by atoms with Gasteiger partial charge in [0.1, 0.15) is 35.3 Å². The maximum absolute atomic E-state index is 13.0. The summed E-state index contributed by atoms with van der Waals surface area (Å²) in [7, 11) is 2.88. The topological polar surface area (TPSA) is 109 Å². The number of hydrogen-bond acceptors (Lipinski definition) is 8. The van der Waals surface area contributed by atoms with Crippen molar-refractivity contribution in [3.63, 3.8) is 0 Å². The van der Waals surface area contributed by atoms with Crippen molar-refractivity contribution in [3.8, 4) is 11.5 Å². The van der Waals surface area contributed by atoms with Crippen LogP contribution in [0.2, 0.25) is 0 Å². The lowest BCUT2D eigenvalue weighted by Gasteiger charge is -2.18. The van der Waals surface area contributed by atoms with Crippen molar-refractivity contribution in [2.24, 2.45) is 0 Å². The second-order valence-corrected chi connectivity index (χ2v) is 7.67. The highest BCUT2D eigenvalue weighted by molar-refractivity contribution is 6.04. The number of nitrogens with one attached hydrogen (secondary N) is 1. The molecule has 180 valence electrons. The van der Waals surface area contributed by atoms with Crippen LogP contribution in [0, 0.1) is 0 Å². The number of pyridine rings is 1. The molecule has 34 heavy (non-hydrogen) atoms. The molecule has 0 fully saturated rings. The van der Waals surface area contributed by atoms with Gasteiger partial charge in [-0.1, -0.05) is 0 Å². The number of amides is 1. The van der Waals surface area contributed by atoms with E-state index in [1.807, 2.05) is 26.0 Å². The number of furan rings is 1. The quantitative estimate of drug-likeness (QED) is 0.418. The molecule has 3 aromatic rings. The third-order valence-electron chi connectivity index (χ3n) is 4.71. The number of benzene rings is 1. The Morgan fingerprint density at radius 1 is 1.00 bits per heavy atom. The molecule has 0 unspecified atom stereocenters. The van der Waals surface area contributed by atoms with E-state index in [1.165, 1.54) is 25.4 Å². The maximum Gasteiger partial charge on any atom is 0.339 e. The first kappa shape index (κ1) is 24.8. The third-order valence-corrected chi connectivity index (χ3v) is 4.71. The number of esters is 1. The summed E-state index contributed by atoms with van der Waals surface area (Å²) >= 11 is 0. The molecule has 0 radical (unpaired) electrons. The van der Waals surface area contributed by atoms with Gasteiger partial charge in [-0.2, -0.15) is 0 Å². The van der Waals surface area contributed by atoms with E-state index in [0.29, 0.717) is 30.1 Å². The molecule has 9 heteroatoms. The van der Waals surface area contributed by atoms with E-state index >= 15 is 0 Å². The van der Waals surface area contributed by atoms with E-state index < -0.39 is 11.9 Å². The van der Waals surface area contributed by atoms with Crippen LogP contribution in [0.3, 0.4) is 0 Å². The average molecular weight is 469 g/mol. The molecular formula is C25H28N2O7. The monoisotopic (exact) mass is 468 g/mol. The van der Waals surface area contributed by atoms with Gasteiger partial charge in [0.2, 0.25) is 0 Å². The van der Waals surface area contributed by atoms with Crippen LogP contribution in [-0.2, 0) is 15.9 Å². The van der Waals surface area contributed by atoms with Crippen molar-refractivity contribution >= 4 is 17.7 Å². The predicted molar refractivity (Wildman–Crippen MR) is 124 cm³/mol. The highest BCUT2D eigenvalue weighted by Gasteiger charge is 2.16. The van der Waals surface area contributed by atoms with E-state index in [0.717, 1.165) is 5.76 Å². The average Bonchev–Trinajstić information content (AvgIpc) is 3.31. The van der Waals surface area contributed by atoms with Gasteiger partial charge in [0.05, 0.1) is 25.5 Å². The minimum Gasteiger partial charge on any atom is -0.490 e. The van der Waals surface area contributed by atoms with E-state index in [2.05, 4.69) is 15.0 Å². The lowest BCUT2D eigenvalue weighted by atomic mass is 10.1. The fourth-order valence-electron chi connectivity index (χ4n) is 3.22. The highest BCUT2D eigenvalue weighted by Crippen LogP contribution is 2.26. The Hall–Kier alpha value is -3.85. The normalized spacial score (nSPS) is 12.5. The van der Waals surface area contributed by atoms with Crippen LogP contribution in [0.1, 0.15) is 40.3 Å². The van der Waals surface area contributed by atoms with Crippen LogP contribution in [-0.4, -0.2) is 49.9 Å². The Morgan fingerprint density at radius 3 is 2.32 bits per heavy atom. The van der Waals surface area contributed by atoms with Crippen molar-refractivity contribution in [1.29, 1.82) is 0 Å². The van der Waals surface area contributed by atoms with E-state index in [-0.39, 0.29) is 23.6 Å². The van der Waals surface area contributed by atoms with Crippen molar-refractivity contribution in [2.75, 3.05) is 26.1 Å². The van der Waals surface area contributed by atoms with E-state index in [9.17, 15) is 9.59 Å². The van der Waals surface area contributed by atoms with Gasteiger partial charge in [0, 0.05) is 31.4 Å². The van der Waals surface area contributed by atoms with Gasteiger partial charge < -0.3 is 28.7 Å². The van der Waals surface area contributed by atoms with Gasteiger partial charge in [-0.3, -0.25) is 4.79 Å². The minimum atomic E-state index is -0.508. The van der Waals surface area contributed by atoms with Crippen LogP contribution in [0.25, 0.3) is 0 Å². The zero-order valence-corrected chi connectivity index (χ0v) is 19.6. The molecule has 0 aliphatic carbocycles. The Balaban J connectivity index is 1.78. The zero-order valence-electron chi connectivity index (χ0n) is 19.6. The minimum absolute atomic E-state index is 0.207. The first-order valence-corrected chi connectivity index (χ1v) is 10.7. The number of methoxy groups -OCH3 is 2. The smallest absolute Gasteiger partial charge is 0.339 e. The van der Waals surface area contributed by atoms with Gasteiger partial charge in [0.25, 0.3) is 5.91 Å². The molecule has 2 atom stereocenters. The van der Waals surface area contributed by atoms with Crippen LogP contribution in [0.15, 0.2) is 59.3 Å². The Kier molecular flexibility index (Phi) is 8.64. The number of nitrogens with zero attached hydrogens (tertiary/aromatic N) is 1. The summed E-state index contributed by atoms with van der Waals surface area (Å²) in [5.41, 5.74) is 0.602. The lowest BCUT2D eigenvalue weighted by molar-refractivity contribution is 0.0600. The fourth-order valence-corrected chi connectivity index (χ4v) is 3.22. The predicted octanol–water partition coefficient (Wildman–Crippen LogP) is 4.14. The van der Waals surface area contributed by atoms with Gasteiger partial charge in [0.15, 0.2) is 0 Å². The van der Waals surface area contributed by atoms with Gasteiger partial charge in [-0.05, 0) is 50.2 Å². The standard InChI is InChI=1S/C25H28N2O7/c1-16(10-20-6-5-9-32-20)33-21-11-19(12-22(13-21)34-17(2)15-30-3)24(28)27-23-8-7-18(14-26-23)25(29)31-4/h5-9,11-14,16-17H,10,15H2,1-4H3,(H,26,27,28)/t16-,17-/m0/s1. The molecule has 0 aliphatic heterocycles. The zero-order chi connectivity index (χ0) is 24.5. The van der Waals surface area contributed by atoms with Crippen LogP contribution < -0.4 is 14.8 Å². The van der Waals surface area contributed by atoms with Crippen LogP contribution in [0.4, 0.5) is 5.82 Å². The second-order valence-electron chi connectivity index (χ2n) is 7.67. The summed E-state index contributed by atoms with van der Waals surface area (Å²) in [6.07, 6.45) is 3.07. The maximum atomic E-state index is 13.0. The molecule has 9 nitrogen and oxygen atoms in total. The molecule has 1 amide bonds. The van der Waals surface area contributed by atoms with E-state index in [1.54, 1.807) is 31.6 Å². The number of carbonyl (C=O) groups is 2. The Labute approximate surface area is 198 Å². The van der Waals surface area contributed by atoms with Crippen LogP contribution >= 0.6 is 0 Å². The largest absolute Gasteiger partial charge is 0.490 e. The van der Waals surface area contributed by atoms with Crippen LogP contribution in [0.5, 0.6) is 11.5 Å². The Morgan fingerprint density at radius 2 is 1.74 bits per heavy atom. The molecule has 0 saturated heterocycles. The highest BCUT2D eigenvalue weighted by atomic mass is 16.5. The second kappa shape index (κ2) is 11.9. The first-order chi connectivity index (χ1) is 16.4. The molecule has 0 spiro atoms. The first-order valence-electron chi connectivity index (χ1n) is 10.7. The number of anilines is 1. The summed E-state index contributed by atoms with van der Waals surface area (Å²) < 4.78 is 27.1. The summed E-state index contributed by atoms with van der Waals surface area (Å²) in [4.78, 5) is 28.6. The van der Waals surface area contributed by atoms with Gasteiger partial charge >= 0.3 is 5.97 Å². The molecule has 1 aromatic carbocycles. The number of ether oxygens (including phenoxy) is 4. The molecule has 2 heterocycles. The molecule has 0 aliphatic rings.